The first-order chi connectivity index (χ1) is 17.9. The normalized spacial score (nSPS) is 18.4. The molecule has 1 atom stereocenters. The summed E-state index contributed by atoms with van der Waals surface area (Å²) in [7, 11) is 1.46. The molecule has 37 heavy (non-hydrogen) atoms. The number of rotatable bonds is 11. The summed E-state index contributed by atoms with van der Waals surface area (Å²) in [6, 6.07) is 13.5. The smallest absolute Gasteiger partial charge is 0.248 e. The van der Waals surface area contributed by atoms with Gasteiger partial charge < -0.3 is 24.2 Å². The Balaban J connectivity index is 1.42. The van der Waals surface area contributed by atoms with Gasteiger partial charge in [0.2, 0.25) is 5.91 Å². The van der Waals surface area contributed by atoms with Gasteiger partial charge in [-0.2, -0.15) is 5.10 Å². The van der Waals surface area contributed by atoms with Gasteiger partial charge in [-0.1, -0.05) is 18.2 Å². The molecule has 0 aliphatic carbocycles. The van der Waals surface area contributed by atoms with Crippen LogP contribution in [0, 0.1) is 5.82 Å². The SMILES string of the molecule is COCC(=O)N1CCN(Cc2cccc(OCCn3cncn3)c2)C[C@@](O)(COc2cccc(F)c2)C1. The van der Waals surface area contributed by atoms with Crippen molar-refractivity contribution < 1.29 is 28.5 Å². The number of carbonyl (C=O) groups is 1. The molecule has 0 spiro atoms. The molecule has 198 valence electrons. The zero-order valence-electron chi connectivity index (χ0n) is 20.8. The number of nitrogens with zero attached hydrogens (tertiary/aromatic N) is 5. The van der Waals surface area contributed by atoms with Gasteiger partial charge in [-0.25, -0.2) is 14.1 Å². The number of aromatic nitrogens is 3. The predicted molar refractivity (Wildman–Crippen MR) is 133 cm³/mol. The standard InChI is InChI=1S/C26H32FN5O5/c1-35-15-25(33)31-9-8-30(16-26(34,17-31)18-37-24-7-3-5-22(27)13-24)14-21-4-2-6-23(12-21)36-11-10-32-20-28-19-29-32/h2-7,12-13,19-20,34H,8-11,14-18H2,1H3/t26-/m0/s1. The van der Waals surface area contributed by atoms with E-state index in [2.05, 4.69) is 15.0 Å². The number of carbonyl (C=O) groups excluding carboxylic acids is 1. The van der Waals surface area contributed by atoms with Crippen molar-refractivity contribution in [1.82, 2.24) is 24.6 Å². The van der Waals surface area contributed by atoms with E-state index in [4.69, 9.17) is 14.2 Å². The number of benzene rings is 2. The van der Waals surface area contributed by atoms with Crippen molar-refractivity contribution in [2.75, 3.05) is 53.1 Å². The van der Waals surface area contributed by atoms with Crippen LogP contribution in [0.5, 0.6) is 11.5 Å². The first-order valence-electron chi connectivity index (χ1n) is 12.1. The van der Waals surface area contributed by atoms with Gasteiger partial charge in [0.1, 0.15) is 55.4 Å². The second-order valence-corrected chi connectivity index (χ2v) is 9.08. The molecular weight excluding hydrogens is 481 g/mol. The molecule has 1 aromatic heterocycles. The van der Waals surface area contributed by atoms with Gasteiger partial charge in [-0.05, 0) is 29.8 Å². The van der Waals surface area contributed by atoms with E-state index in [1.165, 1.54) is 25.6 Å². The highest BCUT2D eigenvalue weighted by molar-refractivity contribution is 5.77. The van der Waals surface area contributed by atoms with E-state index in [-0.39, 0.29) is 32.2 Å². The van der Waals surface area contributed by atoms with Crippen LogP contribution in [0.4, 0.5) is 4.39 Å². The minimum Gasteiger partial charge on any atom is -0.492 e. The van der Waals surface area contributed by atoms with Gasteiger partial charge in [0.25, 0.3) is 0 Å². The van der Waals surface area contributed by atoms with Gasteiger partial charge in [0.15, 0.2) is 0 Å². The quantitative estimate of drug-likeness (QED) is 0.413. The molecule has 0 saturated carbocycles. The molecule has 1 aliphatic heterocycles. The molecule has 4 rings (SSSR count). The second-order valence-electron chi connectivity index (χ2n) is 9.08. The molecule has 3 aromatic rings. The van der Waals surface area contributed by atoms with Crippen LogP contribution in [0.25, 0.3) is 0 Å². The third kappa shape index (κ3) is 7.97. The Morgan fingerprint density at radius 2 is 1.92 bits per heavy atom. The highest BCUT2D eigenvalue weighted by Crippen LogP contribution is 2.22. The van der Waals surface area contributed by atoms with E-state index < -0.39 is 11.4 Å². The van der Waals surface area contributed by atoms with Crippen molar-refractivity contribution in [1.29, 1.82) is 0 Å². The summed E-state index contributed by atoms with van der Waals surface area (Å²) < 4.78 is 31.9. The number of aliphatic hydroxyl groups is 1. The van der Waals surface area contributed by atoms with Crippen LogP contribution < -0.4 is 9.47 Å². The van der Waals surface area contributed by atoms with E-state index in [1.807, 2.05) is 24.3 Å². The fraction of sp³-hybridized carbons (Fsp3) is 0.423. The van der Waals surface area contributed by atoms with Gasteiger partial charge in [0, 0.05) is 39.4 Å². The summed E-state index contributed by atoms with van der Waals surface area (Å²) in [5, 5.41) is 15.6. The molecule has 1 amide bonds. The van der Waals surface area contributed by atoms with Gasteiger partial charge in [0.05, 0.1) is 13.1 Å². The van der Waals surface area contributed by atoms with Crippen LogP contribution in [0.3, 0.4) is 0 Å². The Kier molecular flexibility index (Phi) is 9.04. The molecule has 0 bridgehead atoms. The van der Waals surface area contributed by atoms with E-state index in [1.54, 1.807) is 28.0 Å². The molecule has 2 aromatic carbocycles. The molecule has 2 heterocycles. The average Bonchev–Trinajstić information content (AvgIpc) is 3.33. The molecule has 1 fully saturated rings. The van der Waals surface area contributed by atoms with Gasteiger partial charge in [-0.3, -0.25) is 9.69 Å². The van der Waals surface area contributed by atoms with Gasteiger partial charge >= 0.3 is 0 Å². The van der Waals surface area contributed by atoms with Crippen LogP contribution in [0.15, 0.2) is 61.2 Å². The Bertz CT molecular complexity index is 1150. The number of methoxy groups -OCH3 is 1. The summed E-state index contributed by atoms with van der Waals surface area (Å²) in [6.45, 7) is 2.71. The number of halogens is 1. The fourth-order valence-corrected chi connectivity index (χ4v) is 4.27. The van der Waals surface area contributed by atoms with E-state index >= 15 is 0 Å². The third-order valence-electron chi connectivity index (χ3n) is 5.97. The molecule has 0 unspecified atom stereocenters. The molecule has 10 nitrogen and oxygen atoms in total. The van der Waals surface area contributed by atoms with Crippen LogP contribution in [0.2, 0.25) is 0 Å². The van der Waals surface area contributed by atoms with Crippen molar-refractivity contribution in [2.45, 2.75) is 18.7 Å². The summed E-state index contributed by atoms with van der Waals surface area (Å²) in [5.74, 6) is 0.410. The average molecular weight is 514 g/mol. The maximum Gasteiger partial charge on any atom is 0.248 e. The number of hydrogen-bond donors (Lipinski definition) is 1. The Morgan fingerprint density at radius 1 is 1.11 bits per heavy atom. The molecule has 0 radical (unpaired) electrons. The monoisotopic (exact) mass is 513 g/mol. The third-order valence-corrected chi connectivity index (χ3v) is 5.97. The zero-order chi connectivity index (χ0) is 26.1. The Hall–Kier alpha value is -3.54. The predicted octanol–water partition coefficient (Wildman–Crippen LogP) is 1.60. The molecule has 1 aliphatic rings. The lowest BCUT2D eigenvalue weighted by Crippen LogP contribution is -2.52. The summed E-state index contributed by atoms with van der Waals surface area (Å²) in [5.41, 5.74) is -0.374. The molecule has 1 N–H and O–H groups in total. The van der Waals surface area contributed by atoms with Crippen LogP contribution in [0.1, 0.15) is 5.56 Å². The minimum absolute atomic E-state index is 0.0746. The first kappa shape index (κ1) is 26.5. The summed E-state index contributed by atoms with van der Waals surface area (Å²) in [6.07, 6.45) is 3.12. The van der Waals surface area contributed by atoms with Crippen molar-refractivity contribution in [3.63, 3.8) is 0 Å². The highest BCUT2D eigenvalue weighted by Gasteiger charge is 2.37. The van der Waals surface area contributed by atoms with Gasteiger partial charge in [-0.15, -0.1) is 0 Å². The van der Waals surface area contributed by atoms with Crippen LogP contribution in [-0.2, 0) is 22.6 Å². The lowest BCUT2D eigenvalue weighted by atomic mass is 10.0. The maximum absolute atomic E-state index is 13.6. The topological polar surface area (TPSA) is 102 Å². The highest BCUT2D eigenvalue weighted by atomic mass is 19.1. The molecular formula is C26H32FN5O5. The first-order valence-corrected chi connectivity index (χ1v) is 12.1. The molecule has 11 heteroatoms. The number of β-amino-alcohol motifs (C(OH)–C–C–N with tert-alkyl or cyclic N) is 1. The number of amides is 1. The Labute approximate surface area is 215 Å². The van der Waals surface area contributed by atoms with E-state index in [0.717, 1.165) is 11.3 Å². The number of hydrogen-bond acceptors (Lipinski definition) is 8. The zero-order valence-corrected chi connectivity index (χ0v) is 20.8. The van der Waals surface area contributed by atoms with Crippen molar-refractivity contribution in [3.05, 3.63) is 72.6 Å². The van der Waals surface area contributed by atoms with Crippen LogP contribution >= 0.6 is 0 Å². The lowest BCUT2D eigenvalue weighted by molar-refractivity contribution is -0.138. The maximum atomic E-state index is 13.6. The van der Waals surface area contributed by atoms with E-state index in [0.29, 0.717) is 38.5 Å². The van der Waals surface area contributed by atoms with Crippen LogP contribution in [-0.4, -0.2) is 94.3 Å². The van der Waals surface area contributed by atoms with Crippen molar-refractivity contribution in [3.8, 4) is 11.5 Å². The summed E-state index contributed by atoms with van der Waals surface area (Å²) >= 11 is 0. The number of ether oxygens (including phenoxy) is 3. The van der Waals surface area contributed by atoms with Crippen molar-refractivity contribution in [2.24, 2.45) is 0 Å². The minimum atomic E-state index is -1.38. The van der Waals surface area contributed by atoms with Crippen molar-refractivity contribution >= 4 is 5.91 Å². The summed E-state index contributed by atoms with van der Waals surface area (Å²) in [4.78, 5) is 20.2. The molecule has 1 saturated heterocycles. The fourth-order valence-electron chi connectivity index (χ4n) is 4.27. The lowest BCUT2D eigenvalue weighted by Gasteiger charge is -2.33. The Morgan fingerprint density at radius 3 is 2.68 bits per heavy atom. The van der Waals surface area contributed by atoms with E-state index in [9.17, 15) is 14.3 Å². The second kappa shape index (κ2) is 12.6. The largest absolute Gasteiger partial charge is 0.492 e.